The van der Waals surface area contributed by atoms with E-state index < -0.39 is 0 Å². The van der Waals surface area contributed by atoms with Crippen LogP contribution in [0.4, 0.5) is 4.39 Å². The first-order valence-corrected chi connectivity index (χ1v) is 4.24. The molecule has 0 fully saturated rings. The molecule has 4 heteroatoms. The van der Waals surface area contributed by atoms with Crippen molar-refractivity contribution in [3.63, 3.8) is 0 Å². The molecule has 0 N–H and O–H groups in total. The molecule has 0 bridgehead atoms. The van der Waals surface area contributed by atoms with Gasteiger partial charge in [0.25, 0.3) is 0 Å². The lowest BCUT2D eigenvalue weighted by molar-refractivity contribution is 0.688. The average molecular weight is 201 g/mol. The van der Waals surface area contributed by atoms with Gasteiger partial charge in [-0.2, -0.15) is 5.10 Å². The molecular weight excluding hydrogens is 191 g/mol. The van der Waals surface area contributed by atoms with Gasteiger partial charge in [-0.05, 0) is 6.07 Å². The van der Waals surface area contributed by atoms with Gasteiger partial charge in [-0.25, -0.2) is 9.07 Å². The quantitative estimate of drug-likeness (QED) is 0.684. The molecule has 0 aliphatic heterocycles. The van der Waals surface area contributed by atoms with Crippen molar-refractivity contribution in [1.82, 2.24) is 9.78 Å². The number of hydrogen-bond donors (Lipinski definition) is 0. The van der Waals surface area contributed by atoms with Crippen molar-refractivity contribution in [2.24, 2.45) is 0 Å². The molecular formula is C9H10ClFN2. The van der Waals surface area contributed by atoms with E-state index >= 15 is 0 Å². The van der Waals surface area contributed by atoms with E-state index in [4.69, 9.17) is 11.6 Å². The zero-order valence-corrected chi connectivity index (χ0v) is 7.84. The number of halogens is 2. The van der Waals surface area contributed by atoms with E-state index in [0.29, 0.717) is 24.4 Å². The van der Waals surface area contributed by atoms with Crippen LogP contribution in [0.1, 0.15) is 5.69 Å². The highest BCUT2D eigenvalue weighted by molar-refractivity contribution is 6.29. The summed E-state index contributed by atoms with van der Waals surface area (Å²) in [5.74, 6) is 0. The number of nitrogens with zero attached hydrogens (tertiary/aromatic N) is 2. The number of rotatable bonds is 4. The molecule has 0 atom stereocenters. The molecule has 13 heavy (non-hydrogen) atoms. The first kappa shape index (κ1) is 9.99. The van der Waals surface area contributed by atoms with Crippen molar-refractivity contribution in [3.05, 3.63) is 42.0 Å². The van der Waals surface area contributed by atoms with Crippen molar-refractivity contribution in [1.29, 1.82) is 0 Å². The smallest absolute Gasteiger partial charge is 0.127 e. The molecule has 0 aromatic carbocycles. The van der Waals surface area contributed by atoms with E-state index in [1.165, 1.54) is 6.08 Å². The second-order valence-electron chi connectivity index (χ2n) is 2.49. The minimum atomic E-state index is 0.459. The average Bonchev–Trinajstić information content (AvgIpc) is 2.45. The van der Waals surface area contributed by atoms with Crippen LogP contribution in [0.5, 0.6) is 0 Å². The minimum absolute atomic E-state index is 0.459. The molecule has 2 nitrogen and oxygen atoms in total. The number of allylic oxidation sites excluding steroid dienone is 2. The first-order valence-electron chi connectivity index (χ1n) is 3.86. The van der Waals surface area contributed by atoms with Crippen molar-refractivity contribution in [2.75, 3.05) is 0 Å². The van der Waals surface area contributed by atoms with Crippen LogP contribution in [-0.2, 0) is 13.0 Å². The zero-order chi connectivity index (χ0) is 9.68. The third-order valence-corrected chi connectivity index (χ3v) is 1.80. The Morgan fingerprint density at radius 3 is 3.08 bits per heavy atom. The van der Waals surface area contributed by atoms with Gasteiger partial charge in [0.05, 0.1) is 18.6 Å². The Labute approximate surface area is 81.3 Å². The monoisotopic (exact) mass is 200 g/mol. The fraction of sp³-hybridized carbons (Fsp3) is 0.222. The van der Waals surface area contributed by atoms with Crippen LogP contribution in [-0.4, -0.2) is 9.78 Å². The van der Waals surface area contributed by atoms with Crippen molar-refractivity contribution < 1.29 is 4.39 Å². The molecule has 0 aliphatic rings. The third kappa shape index (κ3) is 2.70. The molecule has 0 spiro atoms. The van der Waals surface area contributed by atoms with Gasteiger partial charge in [-0.3, -0.25) is 0 Å². The third-order valence-electron chi connectivity index (χ3n) is 1.50. The highest BCUT2D eigenvalue weighted by Crippen LogP contribution is 2.11. The van der Waals surface area contributed by atoms with Gasteiger partial charge in [-0.1, -0.05) is 23.8 Å². The van der Waals surface area contributed by atoms with E-state index in [2.05, 4.69) is 11.7 Å². The molecule has 1 aromatic rings. The minimum Gasteiger partial charge on any atom is -0.250 e. The van der Waals surface area contributed by atoms with Gasteiger partial charge < -0.3 is 0 Å². The van der Waals surface area contributed by atoms with Crippen LogP contribution in [0.3, 0.4) is 0 Å². The maximum atomic E-state index is 11.7. The largest absolute Gasteiger partial charge is 0.250 e. The van der Waals surface area contributed by atoms with Crippen molar-refractivity contribution >= 4 is 11.6 Å². The summed E-state index contributed by atoms with van der Waals surface area (Å²) in [5.41, 5.74) is 0.751. The Morgan fingerprint density at radius 1 is 1.69 bits per heavy atom. The summed E-state index contributed by atoms with van der Waals surface area (Å²) in [4.78, 5) is 0. The Kier molecular flexibility index (Phi) is 3.71. The summed E-state index contributed by atoms with van der Waals surface area (Å²) >= 11 is 5.84. The number of hydrogen-bond acceptors (Lipinski definition) is 1. The molecule has 0 saturated heterocycles. The summed E-state index contributed by atoms with van der Waals surface area (Å²) in [6, 6.07) is 1.71. The second-order valence-corrected chi connectivity index (χ2v) is 2.88. The highest BCUT2D eigenvalue weighted by Gasteiger charge is 2.02. The topological polar surface area (TPSA) is 17.8 Å². The van der Waals surface area contributed by atoms with E-state index in [1.807, 2.05) is 0 Å². The Balaban J connectivity index is 2.75. The number of aromatic nitrogens is 2. The van der Waals surface area contributed by atoms with Gasteiger partial charge in [0, 0.05) is 6.42 Å². The van der Waals surface area contributed by atoms with Gasteiger partial charge in [0.15, 0.2) is 0 Å². The van der Waals surface area contributed by atoms with Gasteiger partial charge in [0.2, 0.25) is 0 Å². The fourth-order valence-corrected chi connectivity index (χ4v) is 1.19. The van der Waals surface area contributed by atoms with Gasteiger partial charge in [-0.15, -0.1) is 6.58 Å². The maximum Gasteiger partial charge on any atom is 0.127 e. The zero-order valence-electron chi connectivity index (χ0n) is 7.08. The van der Waals surface area contributed by atoms with Gasteiger partial charge in [0.1, 0.15) is 5.15 Å². The highest BCUT2D eigenvalue weighted by atomic mass is 35.5. The molecule has 0 saturated carbocycles. The van der Waals surface area contributed by atoms with Crippen LogP contribution in [0.15, 0.2) is 31.1 Å². The Morgan fingerprint density at radius 2 is 2.46 bits per heavy atom. The van der Waals surface area contributed by atoms with Gasteiger partial charge >= 0.3 is 0 Å². The lowest BCUT2D eigenvalue weighted by Gasteiger charge is -1.95. The standard InChI is InChI=1S/C9H10ClFN2/c1-2-6-13-9(10)7-8(12-13)4-3-5-11/h2-3,5,7H,1,4,6H2. The van der Waals surface area contributed by atoms with Crippen molar-refractivity contribution in [3.8, 4) is 0 Å². The predicted octanol–water partition coefficient (Wildman–Crippen LogP) is 2.75. The Hall–Kier alpha value is -1.09. The van der Waals surface area contributed by atoms with E-state index in [1.54, 1.807) is 16.8 Å². The normalized spacial score (nSPS) is 10.9. The fourth-order valence-electron chi connectivity index (χ4n) is 0.959. The molecule has 70 valence electrons. The van der Waals surface area contributed by atoms with E-state index in [-0.39, 0.29) is 0 Å². The molecule has 1 aromatic heterocycles. The lowest BCUT2D eigenvalue weighted by atomic mass is 10.3. The summed E-state index contributed by atoms with van der Waals surface area (Å²) in [7, 11) is 0. The maximum absolute atomic E-state index is 11.7. The molecule has 0 amide bonds. The summed E-state index contributed by atoms with van der Waals surface area (Å²) in [6.45, 7) is 4.14. The molecule has 0 radical (unpaired) electrons. The first-order chi connectivity index (χ1) is 6.27. The van der Waals surface area contributed by atoms with Crippen LogP contribution in [0.25, 0.3) is 0 Å². The molecule has 1 rings (SSSR count). The summed E-state index contributed by atoms with van der Waals surface area (Å²) in [5, 5.41) is 4.68. The summed E-state index contributed by atoms with van der Waals surface area (Å²) < 4.78 is 13.3. The van der Waals surface area contributed by atoms with E-state index in [9.17, 15) is 4.39 Å². The van der Waals surface area contributed by atoms with Crippen LogP contribution >= 0.6 is 11.6 Å². The molecule has 0 aliphatic carbocycles. The second kappa shape index (κ2) is 4.82. The lowest BCUT2D eigenvalue weighted by Crippen LogP contribution is -1.97. The van der Waals surface area contributed by atoms with Crippen LogP contribution < -0.4 is 0 Å². The molecule has 1 heterocycles. The van der Waals surface area contributed by atoms with Crippen molar-refractivity contribution in [2.45, 2.75) is 13.0 Å². The summed E-state index contributed by atoms with van der Waals surface area (Å²) in [6.07, 6.45) is 4.05. The van der Waals surface area contributed by atoms with E-state index in [0.717, 1.165) is 5.69 Å². The molecule has 0 unspecified atom stereocenters. The SMILES string of the molecule is C=CCn1nc(CC=CF)cc1Cl. The van der Waals surface area contributed by atoms with Crippen LogP contribution in [0.2, 0.25) is 5.15 Å². The predicted molar refractivity (Wildman–Crippen MR) is 51.4 cm³/mol. The Bertz CT molecular complexity index is 317. The van der Waals surface area contributed by atoms with Crippen LogP contribution in [0, 0.1) is 0 Å².